The normalized spacial score (nSPS) is 16.1. The van der Waals surface area contributed by atoms with Gasteiger partial charge in [-0.1, -0.05) is 31.4 Å². The number of hydrogen-bond donors (Lipinski definition) is 0. The third-order valence-corrected chi connectivity index (χ3v) is 4.15. The number of nitrogens with zero attached hydrogens (tertiary/aromatic N) is 1. The van der Waals surface area contributed by atoms with Crippen LogP contribution in [0.15, 0.2) is 24.3 Å². The third-order valence-electron chi connectivity index (χ3n) is 4.15. The van der Waals surface area contributed by atoms with E-state index in [1.54, 1.807) is 0 Å². The van der Waals surface area contributed by atoms with Crippen molar-refractivity contribution >= 4 is 5.78 Å². The minimum Gasteiger partial charge on any atom is -0.493 e. The second-order valence-electron chi connectivity index (χ2n) is 6.32. The van der Waals surface area contributed by atoms with Gasteiger partial charge < -0.3 is 9.64 Å². The molecule has 1 aromatic rings. The first-order valence-corrected chi connectivity index (χ1v) is 8.06. The van der Waals surface area contributed by atoms with Gasteiger partial charge in [0.25, 0.3) is 0 Å². The van der Waals surface area contributed by atoms with Gasteiger partial charge in [-0.05, 0) is 45.0 Å². The smallest absolute Gasteiger partial charge is 0.164 e. The van der Waals surface area contributed by atoms with Crippen LogP contribution < -0.4 is 4.74 Å². The van der Waals surface area contributed by atoms with Crippen molar-refractivity contribution in [3.05, 3.63) is 29.8 Å². The second-order valence-corrected chi connectivity index (χ2v) is 6.32. The second kappa shape index (κ2) is 8.18. The standard InChI is InChI=1S/C18H27NO2/c1-19(2)12-11-18(20)16-9-6-10-17(13-16)21-14-15-7-4-3-5-8-15/h6,9-10,13,15H,3-5,7-8,11-12,14H2,1-2H3. The summed E-state index contributed by atoms with van der Waals surface area (Å²) in [5.74, 6) is 1.70. The van der Waals surface area contributed by atoms with Crippen molar-refractivity contribution in [2.45, 2.75) is 38.5 Å². The Labute approximate surface area is 128 Å². The molecule has 1 aliphatic rings. The number of Topliss-reactive ketones (excluding diaryl/α,β-unsaturated/α-hetero) is 1. The molecule has 0 spiro atoms. The van der Waals surface area contributed by atoms with Crippen LogP contribution in [-0.2, 0) is 0 Å². The lowest BCUT2D eigenvalue weighted by Gasteiger charge is -2.21. The lowest BCUT2D eigenvalue weighted by molar-refractivity contribution is 0.0972. The van der Waals surface area contributed by atoms with Gasteiger partial charge in [0, 0.05) is 18.5 Å². The number of carbonyl (C=O) groups excluding carboxylic acids is 1. The fourth-order valence-corrected chi connectivity index (χ4v) is 2.80. The van der Waals surface area contributed by atoms with Gasteiger partial charge in [0.05, 0.1) is 6.61 Å². The van der Waals surface area contributed by atoms with Crippen LogP contribution in [0.5, 0.6) is 5.75 Å². The molecule has 0 atom stereocenters. The molecule has 0 heterocycles. The van der Waals surface area contributed by atoms with E-state index in [2.05, 4.69) is 0 Å². The van der Waals surface area contributed by atoms with Crippen LogP contribution >= 0.6 is 0 Å². The zero-order chi connectivity index (χ0) is 15.1. The zero-order valence-corrected chi connectivity index (χ0v) is 13.3. The Morgan fingerprint density at radius 2 is 2.00 bits per heavy atom. The Morgan fingerprint density at radius 1 is 1.24 bits per heavy atom. The van der Waals surface area contributed by atoms with Crippen LogP contribution in [0.2, 0.25) is 0 Å². The van der Waals surface area contributed by atoms with Crippen molar-refractivity contribution in [2.24, 2.45) is 5.92 Å². The number of rotatable bonds is 7. The predicted octanol–water partition coefficient (Wildman–Crippen LogP) is 3.78. The average molecular weight is 289 g/mol. The summed E-state index contributed by atoms with van der Waals surface area (Å²) in [5.41, 5.74) is 0.762. The van der Waals surface area contributed by atoms with Crippen LogP contribution in [0, 0.1) is 5.92 Å². The van der Waals surface area contributed by atoms with E-state index in [9.17, 15) is 4.79 Å². The molecule has 3 heteroatoms. The summed E-state index contributed by atoms with van der Waals surface area (Å²) in [6.07, 6.45) is 7.14. The minimum absolute atomic E-state index is 0.187. The summed E-state index contributed by atoms with van der Waals surface area (Å²) in [4.78, 5) is 14.2. The number of benzene rings is 1. The Balaban J connectivity index is 1.86. The van der Waals surface area contributed by atoms with E-state index in [1.165, 1.54) is 32.1 Å². The molecular weight excluding hydrogens is 262 g/mol. The lowest BCUT2D eigenvalue weighted by Crippen LogP contribution is -2.17. The molecule has 1 aromatic carbocycles. The van der Waals surface area contributed by atoms with Crippen molar-refractivity contribution < 1.29 is 9.53 Å². The molecule has 0 saturated heterocycles. The monoisotopic (exact) mass is 289 g/mol. The van der Waals surface area contributed by atoms with Crippen molar-refractivity contribution in [3.8, 4) is 5.75 Å². The van der Waals surface area contributed by atoms with Crippen LogP contribution in [0.1, 0.15) is 48.9 Å². The average Bonchev–Trinajstić information content (AvgIpc) is 2.52. The molecule has 0 amide bonds. The molecule has 1 fully saturated rings. The topological polar surface area (TPSA) is 29.5 Å². The van der Waals surface area contributed by atoms with E-state index in [0.717, 1.165) is 24.5 Å². The van der Waals surface area contributed by atoms with Gasteiger partial charge >= 0.3 is 0 Å². The van der Waals surface area contributed by atoms with Crippen molar-refractivity contribution in [1.29, 1.82) is 0 Å². The Hall–Kier alpha value is -1.35. The van der Waals surface area contributed by atoms with Crippen LogP contribution in [-0.4, -0.2) is 37.9 Å². The van der Waals surface area contributed by atoms with Gasteiger partial charge in [0.15, 0.2) is 5.78 Å². The number of carbonyl (C=O) groups is 1. The van der Waals surface area contributed by atoms with Crippen molar-refractivity contribution in [1.82, 2.24) is 4.90 Å². The molecule has 0 aromatic heterocycles. The van der Waals surface area contributed by atoms with E-state index in [-0.39, 0.29) is 5.78 Å². The maximum absolute atomic E-state index is 12.1. The highest BCUT2D eigenvalue weighted by atomic mass is 16.5. The molecule has 0 aliphatic heterocycles. The SMILES string of the molecule is CN(C)CCC(=O)c1cccc(OCC2CCCCC2)c1. The molecule has 116 valence electrons. The van der Waals surface area contributed by atoms with Gasteiger partial charge in [-0.25, -0.2) is 0 Å². The Kier molecular flexibility index (Phi) is 6.24. The molecule has 1 aliphatic carbocycles. The molecule has 21 heavy (non-hydrogen) atoms. The van der Waals surface area contributed by atoms with E-state index in [0.29, 0.717) is 12.3 Å². The lowest BCUT2D eigenvalue weighted by atomic mass is 9.90. The Bertz CT molecular complexity index is 450. The van der Waals surface area contributed by atoms with E-state index in [1.807, 2.05) is 43.3 Å². The summed E-state index contributed by atoms with van der Waals surface area (Å²) < 4.78 is 5.90. The highest BCUT2D eigenvalue weighted by Gasteiger charge is 2.14. The largest absolute Gasteiger partial charge is 0.493 e. The summed E-state index contributed by atoms with van der Waals surface area (Å²) in [5, 5.41) is 0. The first-order valence-electron chi connectivity index (χ1n) is 8.06. The molecular formula is C18H27NO2. The van der Waals surface area contributed by atoms with Crippen LogP contribution in [0.25, 0.3) is 0 Å². The van der Waals surface area contributed by atoms with Gasteiger partial charge in [-0.15, -0.1) is 0 Å². The molecule has 2 rings (SSSR count). The fraction of sp³-hybridized carbons (Fsp3) is 0.611. The van der Waals surface area contributed by atoms with E-state index >= 15 is 0 Å². The van der Waals surface area contributed by atoms with Crippen LogP contribution in [0.4, 0.5) is 0 Å². The van der Waals surface area contributed by atoms with E-state index < -0.39 is 0 Å². The number of ketones is 1. The van der Waals surface area contributed by atoms with Gasteiger partial charge in [-0.2, -0.15) is 0 Å². The van der Waals surface area contributed by atoms with Gasteiger partial charge in [0.2, 0.25) is 0 Å². The molecule has 0 N–H and O–H groups in total. The van der Waals surface area contributed by atoms with Gasteiger partial charge in [-0.3, -0.25) is 4.79 Å². The van der Waals surface area contributed by atoms with Crippen LogP contribution in [0.3, 0.4) is 0 Å². The minimum atomic E-state index is 0.187. The molecule has 1 saturated carbocycles. The van der Waals surface area contributed by atoms with Crippen molar-refractivity contribution in [2.75, 3.05) is 27.2 Å². The van der Waals surface area contributed by atoms with Gasteiger partial charge in [0.1, 0.15) is 5.75 Å². The molecule has 3 nitrogen and oxygen atoms in total. The number of hydrogen-bond acceptors (Lipinski definition) is 3. The first kappa shape index (κ1) is 16.0. The summed E-state index contributed by atoms with van der Waals surface area (Å²) >= 11 is 0. The molecule has 0 bridgehead atoms. The van der Waals surface area contributed by atoms with E-state index in [4.69, 9.17) is 4.74 Å². The highest BCUT2D eigenvalue weighted by Crippen LogP contribution is 2.25. The maximum atomic E-state index is 12.1. The zero-order valence-electron chi connectivity index (χ0n) is 13.3. The predicted molar refractivity (Wildman–Crippen MR) is 86.0 cm³/mol. The summed E-state index contributed by atoms with van der Waals surface area (Å²) in [6.45, 7) is 1.57. The Morgan fingerprint density at radius 3 is 2.71 bits per heavy atom. The van der Waals surface area contributed by atoms with Crippen molar-refractivity contribution in [3.63, 3.8) is 0 Å². The quantitative estimate of drug-likeness (QED) is 0.715. The summed E-state index contributed by atoms with van der Waals surface area (Å²) in [7, 11) is 3.97. The molecule has 0 unspecified atom stereocenters. The molecule has 0 radical (unpaired) electrons. The summed E-state index contributed by atoms with van der Waals surface area (Å²) in [6, 6.07) is 7.64. The third kappa shape index (κ3) is 5.50. The highest BCUT2D eigenvalue weighted by molar-refractivity contribution is 5.96. The fourth-order valence-electron chi connectivity index (χ4n) is 2.80. The number of ether oxygens (including phenoxy) is 1. The maximum Gasteiger partial charge on any atom is 0.164 e. The first-order chi connectivity index (χ1) is 10.1.